The second-order valence-electron chi connectivity index (χ2n) is 5.90. The van der Waals surface area contributed by atoms with Crippen molar-refractivity contribution < 1.29 is 4.39 Å². The van der Waals surface area contributed by atoms with Gasteiger partial charge in [0.2, 0.25) is 0 Å². The van der Waals surface area contributed by atoms with E-state index >= 15 is 0 Å². The van der Waals surface area contributed by atoms with Crippen molar-refractivity contribution in [3.8, 4) is 0 Å². The van der Waals surface area contributed by atoms with Crippen LogP contribution in [0.3, 0.4) is 0 Å². The molecule has 0 amide bonds. The van der Waals surface area contributed by atoms with Gasteiger partial charge in [-0.15, -0.1) is 0 Å². The summed E-state index contributed by atoms with van der Waals surface area (Å²) in [6.45, 7) is 6.96. The summed E-state index contributed by atoms with van der Waals surface area (Å²) < 4.78 is 14.3. The van der Waals surface area contributed by atoms with Crippen molar-refractivity contribution in [3.63, 3.8) is 0 Å². The maximum Gasteiger partial charge on any atom is 0.146 e. The van der Waals surface area contributed by atoms with Gasteiger partial charge in [0.15, 0.2) is 0 Å². The highest BCUT2D eigenvalue weighted by atomic mass is 19.1. The SMILES string of the molecule is CCC(N)Cc1cccc(F)c1N1CCN(C)C(C)C1. The Morgan fingerprint density at radius 3 is 2.80 bits per heavy atom. The van der Waals surface area contributed by atoms with Gasteiger partial charge in [-0.3, -0.25) is 0 Å². The Morgan fingerprint density at radius 1 is 1.40 bits per heavy atom. The smallest absolute Gasteiger partial charge is 0.146 e. The van der Waals surface area contributed by atoms with Crippen molar-refractivity contribution in [1.29, 1.82) is 0 Å². The normalized spacial score (nSPS) is 22.1. The van der Waals surface area contributed by atoms with E-state index in [1.165, 1.54) is 0 Å². The molecule has 112 valence electrons. The number of rotatable bonds is 4. The number of nitrogens with two attached hydrogens (primary N) is 1. The summed E-state index contributed by atoms with van der Waals surface area (Å²) in [5.41, 5.74) is 7.85. The van der Waals surface area contributed by atoms with Crippen LogP contribution in [0.2, 0.25) is 0 Å². The fourth-order valence-corrected chi connectivity index (χ4v) is 2.76. The van der Waals surface area contributed by atoms with Crippen LogP contribution in [-0.2, 0) is 6.42 Å². The number of nitrogens with zero attached hydrogens (tertiary/aromatic N) is 2. The largest absolute Gasteiger partial charge is 0.366 e. The van der Waals surface area contributed by atoms with E-state index in [1.807, 2.05) is 6.07 Å². The molecule has 1 aromatic carbocycles. The van der Waals surface area contributed by atoms with E-state index in [0.717, 1.165) is 43.7 Å². The number of hydrogen-bond donors (Lipinski definition) is 1. The monoisotopic (exact) mass is 279 g/mol. The molecule has 3 nitrogen and oxygen atoms in total. The highest BCUT2D eigenvalue weighted by molar-refractivity contribution is 5.55. The molecule has 0 radical (unpaired) electrons. The second-order valence-corrected chi connectivity index (χ2v) is 5.90. The van der Waals surface area contributed by atoms with Crippen LogP contribution in [0, 0.1) is 5.82 Å². The summed E-state index contributed by atoms with van der Waals surface area (Å²) in [6, 6.07) is 5.89. The number of piperazine rings is 1. The summed E-state index contributed by atoms with van der Waals surface area (Å²) in [6.07, 6.45) is 1.65. The van der Waals surface area contributed by atoms with Crippen molar-refractivity contribution in [2.45, 2.75) is 38.8 Å². The number of benzene rings is 1. The lowest BCUT2D eigenvalue weighted by molar-refractivity contribution is 0.233. The molecular formula is C16H26FN3. The topological polar surface area (TPSA) is 32.5 Å². The Hall–Kier alpha value is -1.13. The van der Waals surface area contributed by atoms with Crippen LogP contribution in [0.15, 0.2) is 18.2 Å². The lowest BCUT2D eigenvalue weighted by Gasteiger charge is -2.40. The second kappa shape index (κ2) is 6.55. The van der Waals surface area contributed by atoms with Gasteiger partial charge in [0.1, 0.15) is 5.82 Å². The standard InChI is InChI=1S/C16H26FN3/c1-4-14(18)10-13-6-5-7-15(17)16(13)20-9-8-19(3)12(2)11-20/h5-7,12,14H,4,8-11,18H2,1-3H3. The lowest BCUT2D eigenvalue weighted by atomic mass is 10.0. The van der Waals surface area contributed by atoms with Crippen molar-refractivity contribution in [1.82, 2.24) is 4.90 Å². The van der Waals surface area contributed by atoms with Gasteiger partial charge in [0, 0.05) is 31.7 Å². The van der Waals surface area contributed by atoms with Gasteiger partial charge >= 0.3 is 0 Å². The zero-order chi connectivity index (χ0) is 14.7. The Kier molecular flexibility index (Phi) is 5.00. The van der Waals surface area contributed by atoms with Crippen molar-refractivity contribution in [2.75, 3.05) is 31.6 Å². The van der Waals surface area contributed by atoms with E-state index in [9.17, 15) is 4.39 Å². The van der Waals surface area contributed by atoms with Crippen molar-refractivity contribution in [2.24, 2.45) is 5.73 Å². The number of halogens is 1. The van der Waals surface area contributed by atoms with E-state index in [4.69, 9.17) is 5.73 Å². The molecule has 1 heterocycles. The maximum absolute atomic E-state index is 14.3. The summed E-state index contributed by atoms with van der Waals surface area (Å²) in [5, 5.41) is 0. The first-order valence-electron chi connectivity index (χ1n) is 7.51. The van der Waals surface area contributed by atoms with Gasteiger partial charge in [-0.05, 0) is 38.4 Å². The van der Waals surface area contributed by atoms with Gasteiger partial charge in [0.05, 0.1) is 5.69 Å². The molecule has 0 bridgehead atoms. The molecule has 0 spiro atoms. The first-order valence-corrected chi connectivity index (χ1v) is 7.51. The molecule has 1 aromatic rings. The third-order valence-corrected chi connectivity index (χ3v) is 4.35. The molecule has 1 saturated heterocycles. The third kappa shape index (κ3) is 3.30. The lowest BCUT2D eigenvalue weighted by Crippen LogP contribution is -2.50. The van der Waals surface area contributed by atoms with E-state index in [1.54, 1.807) is 12.1 Å². The summed E-state index contributed by atoms with van der Waals surface area (Å²) in [5.74, 6) is -0.123. The third-order valence-electron chi connectivity index (χ3n) is 4.35. The van der Waals surface area contributed by atoms with Crippen LogP contribution in [0.4, 0.5) is 10.1 Å². The molecule has 0 saturated carbocycles. The van der Waals surface area contributed by atoms with Crippen molar-refractivity contribution >= 4 is 5.69 Å². The van der Waals surface area contributed by atoms with E-state index in [2.05, 4.69) is 30.7 Å². The minimum atomic E-state index is -0.123. The van der Waals surface area contributed by atoms with Gasteiger partial charge in [-0.1, -0.05) is 19.1 Å². The fourth-order valence-electron chi connectivity index (χ4n) is 2.76. The molecule has 0 aliphatic carbocycles. The van der Waals surface area contributed by atoms with Crippen LogP contribution in [0.1, 0.15) is 25.8 Å². The fraction of sp³-hybridized carbons (Fsp3) is 0.625. The molecule has 1 fully saturated rings. The zero-order valence-corrected chi connectivity index (χ0v) is 12.8. The molecule has 0 aromatic heterocycles. The minimum Gasteiger partial charge on any atom is -0.366 e. The van der Waals surface area contributed by atoms with Gasteiger partial charge in [-0.2, -0.15) is 0 Å². The maximum atomic E-state index is 14.3. The Balaban J connectivity index is 2.25. The molecule has 2 rings (SSSR count). The quantitative estimate of drug-likeness (QED) is 0.917. The van der Waals surface area contributed by atoms with Crippen LogP contribution >= 0.6 is 0 Å². The highest BCUT2D eigenvalue weighted by Gasteiger charge is 2.24. The number of hydrogen-bond acceptors (Lipinski definition) is 3. The number of para-hydroxylation sites is 1. The zero-order valence-electron chi connectivity index (χ0n) is 12.8. The molecule has 2 atom stereocenters. The molecule has 4 heteroatoms. The number of likely N-dealkylation sites (N-methyl/N-ethyl adjacent to an activating group) is 1. The van der Waals surface area contributed by atoms with E-state index < -0.39 is 0 Å². The average molecular weight is 279 g/mol. The first kappa shape index (κ1) is 15.3. The van der Waals surface area contributed by atoms with Gasteiger partial charge in [-0.25, -0.2) is 4.39 Å². The van der Waals surface area contributed by atoms with Gasteiger partial charge in [0.25, 0.3) is 0 Å². The summed E-state index contributed by atoms with van der Waals surface area (Å²) in [7, 11) is 2.12. The van der Waals surface area contributed by atoms with Gasteiger partial charge < -0.3 is 15.5 Å². The molecule has 1 aliphatic heterocycles. The molecule has 2 unspecified atom stereocenters. The van der Waals surface area contributed by atoms with Crippen LogP contribution in [0.5, 0.6) is 0 Å². The van der Waals surface area contributed by atoms with Crippen LogP contribution in [0.25, 0.3) is 0 Å². The summed E-state index contributed by atoms with van der Waals surface area (Å²) >= 11 is 0. The van der Waals surface area contributed by atoms with Crippen molar-refractivity contribution in [3.05, 3.63) is 29.6 Å². The Bertz CT molecular complexity index is 449. The molecule has 20 heavy (non-hydrogen) atoms. The highest BCUT2D eigenvalue weighted by Crippen LogP contribution is 2.27. The Labute approximate surface area is 121 Å². The predicted octanol–water partition coefficient (Wildman–Crippen LogP) is 2.25. The number of anilines is 1. The molecule has 2 N–H and O–H groups in total. The summed E-state index contributed by atoms with van der Waals surface area (Å²) in [4.78, 5) is 4.49. The minimum absolute atomic E-state index is 0.0976. The van der Waals surface area contributed by atoms with E-state index in [0.29, 0.717) is 6.04 Å². The van der Waals surface area contributed by atoms with Crippen LogP contribution < -0.4 is 10.6 Å². The molecule has 1 aliphatic rings. The predicted molar refractivity (Wildman–Crippen MR) is 82.7 cm³/mol. The Morgan fingerprint density at radius 2 is 2.15 bits per heavy atom. The average Bonchev–Trinajstić information content (AvgIpc) is 2.42. The molecular weight excluding hydrogens is 253 g/mol. The first-order chi connectivity index (χ1) is 9.52. The van der Waals surface area contributed by atoms with E-state index in [-0.39, 0.29) is 11.9 Å². The van der Waals surface area contributed by atoms with Crippen LogP contribution in [-0.4, -0.2) is 43.7 Å².